The molecule has 0 aliphatic rings. The molecule has 0 bridgehead atoms. The molecule has 2 N–H and O–H groups in total. The normalized spacial score (nSPS) is 10.7. The van der Waals surface area contributed by atoms with Gasteiger partial charge in [0.2, 0.25) is 0 Å². The maximum absolute atomic E-state index is 13.4. The molecule has 21 heavy (non-hydrogen) atoms. The zero-order chi connectivity index (χ0) is 14.7. The molecule has 3 aromatic rings. The zero-order valence-electron chi connectivity index (χ0n) is 11.2. The number of aromatic nitrogens is 3. The van der Waals surface area contributed by atoms with Gasteiger partial charge in [-0.05, 0) is 12.1 Å². The molecule has 1 aromatic carbocycles. The molecule has 0 aliphatic carbocycles. The van der Waals surface area contributed by atoms with Crippen molar-refractivity contribution in [2.24, 2.45) is 0 Å². The van der Waals surface area contributed by atoms with Crippen molar-refractivity contribution in [2.75, 3.05) is 11.9 Å². The summed E-state index contributed by atoms with van der Waals surface area (Å²) in [5, 5.41) is 9.26. The first kappa shape index (κ1) is 13.2. The summed E-state index contributed by atoms with van der Waals surface area (Å²) in [4.78, 5) is 11.7. The third-order valence-electron chi connectivity index (χ3n) is 3.09. The lowest BCUT2D eigenvalue weighted by Crippen LogP contribution is -2.31. The number of hydrogen-bond acceptors (Lipinski definition) is 2. The van der Waals surface area contributed by atoms with Crippen molar-refractivity contribution in [3.8, 4) is 0 Å². The number of urea groups is 1. The maximum Gasteiger partial charge on any atom is 0.319 e. The first-order valence-electron chi connectivity index (χ1n) is 6.52. The number of rotatable bonds is 4. The molecular formula is C14H14FN5O. The van der Waals surface area contributed by atoms with Crippen LogP contribution >= 0.6 is 0 Å². The highest BCUT2D eigenvalue weighted by Crippen LogP contribution is 2.11. The van der Waals surface area contributed by atoms with Gasteiger partial charge in [-0.3, -0.25) is 0 Å². The van der Waals surface area contributed by atoms with E-state index < -0.39 is 11.8 Å². The summed E-state index contributed by atoms with van der Waals surface area (Å²) in [5.74, 6) is -0.459. The Bertz CT molecular complexity index is 763. The van der Waals surface area contributed by atoms with Crippen molar-refractivity contribution < 1.29 is 9.18 Å². The Morgan fingerprint density at radius 1 is 1.24 bits per heavy atom. The predicted molar refractivity (Wildman–Crippen MR) is 76.6 cm³/mol. The Kier molecular flexibility index (Phi) is 3.55. The van der Waals surface area contributed by atoms with E-state index in [4.69, 9.17) is 0 Å². The van der Waals surface area contributed by atoms with Gasteiger partial charge in [-0.1, -0.05) is 12.1 Å². The molecular weight excluding hydrogens is 273 g/mol. The van der Waals surface area contributed by atoms with E-state index in [0.29, 0.717) is 13.1 Å². The predicted octanol–water partition coefficient (Wildman–Crippen LogP) is 2.10. The molecule has 0 radical (unpaired) electrons. The van der Waals surface area contributed by atoms with Crippen molar-refractivity contribution >= 4 is 17.4 Å². The highest BCUT2D eigenvalue weighted by atomic mass is 19.1. The van der Waals surface area contributed by atoms with E-state index in [1.54, 1.807) is 22.8 Å². The van der Waals surface area contributed by atoms with Crippen molar-refractivity contribution in [2.45, 2.75) is 6.54 Å². The SMILES string of the molecule is O=C(NCCn1ccn2nccc12)Nc1ccccc1F. The minimum absolute atomic E-state index is 0.161. The number of para-hydroxylation sites is 1. The molecule has 0 atom stereocenters. The largest absolute Gasteiger partial charge is 0.336 e. The second-order valence-corrected chi connectivity index (χ2v) is 4.49. The Labute approximate surface area is 120 Å². The average Bonchev–Trinajstić information content (AvgIpc) is 3.06. The molecule has 0 saturated carbocycles. The van der Waals surface area contributed by atoms with Gasteiger partial charge in [-0.15, -0.1) is 0 Å². The van der Waals surface area contributed by atoms with Crippen molar-refractivity contribution in [3.63, 3.8) is 0 Å². The maximum atomic E-state index is 13.4. The molecule has 2 aromatic heterocycles. The number of nitrogens with one attached hydrogen (secondary N) is 2. The van der Waals surface area contributed by atoms with Crippen LogP contribution < -0.4 is 10.6 Å². The van der Waals surface area contributed by atoms with Gasteiger partial charge in [0.25, 0.3) is 0 Å². The number of carbonyl (C=O) groups is 1. The number of nitrogens with zero attached hydrogens (tertiary/aromatic N) is 3. The molecule has 6 nitrogen and oxygen atoms in total. The van der Waals surface area contributed by atoms with E-state index >= 15 is 0 Å². The van der Waals surface area contributed by atoms with Crippen LogP contribution in [-0.2, 0) is 6.54 Å². The quantitative estimate of drug-likeness (QED) is 0.772. The van der Waals surface area contributed by atoms with Crippen molar-refractivity contribution in [1.82, 2.24) is 19.5 Å². The molecule has 2 heterocycles. The van der Waals surface area contributed by atoms with Gasteiger partial charge >= 0.3 is 6.03 Å². The Balaban J connectivity index is 1.52. The van der Waals surface area contributed by atoms with Crippen LogP contribution in [0.3, 0.4) is 0 Å². The molecule has 0 unspecified atom stereocenters. The molecule has 7 heteroatoms. The smallest absolute Gasteiger partial charge is 0.319 e. The van der Waals surface area contributed by atoms with Crippen LogP contribution in [0.4, 0.5) is 14.9 Å². The van der Waals surface area contributed by atoms with E-state index in [9.17, 15) is 9.18 Å². The number of carbonyl (C=O) groups excluding carboxylic acids is 1. The van der Waals surface area contributed by atoms with Gasteiger partial charge in [0, 0.05) is 31.5 Å². The van der Waals surface area contributed by atoms with Crippen molar-refractivity contribution in [1.29, 1.82) is 0 Å². The van der Waals surface area contributed by atoms with Crippen LogP contribution in [0.15, 0.2) is 48.9 Å². The second-order valence-electron chi connectivity index (χ2n) is 4.49. The molecule has 2 amide bonds. The van der Waals surface area contributed by atoms with Gasteiger partial charge in [0.05, 0.1) is 11.9 Å². The Hall–Kier alpha value is -2.83. The number of hydrogen-bond donors (Lipinski definition) is 2. The van der Waals surface area contributed by atoms with Crippen LogP contribution in [0.2, 0.25) is 0 Å². The first-order chi connectivity index (χ1) is 10.2. The fourth-order valence-corrected chi connectivity index (χ4v) is 2.08. The van der Waals surface area contributed by atoms with Gasteiger partial charge < -0.3 is 15.2 Å². The number of benzene rings is 1. The van der Waals surface area contributed by atoms with Crippen LogP contribution in [0.1, 0.15) is 0 Å². The standard InChI is InChI=1S/C14H14FN5O/c15-11-3-1-2-4-12(11)18-14(21)16-7-8-19-9-10-20-13(19)5-6-17-20/h1-6,9-10H,7-8H2,(H2,16,18,21). The average molecular weight is 287 g/mol. The molecule has 0 fully saturated rings. The summed E-state index contributed by atoms with van der Waals surface area (Å²) in [6.07, 6.45) is 5.44. The summed E-state index contributed by atoms with van der Waals surface area (Å²) in [6, 6.07) is 7.50. The van der Waals surface area contributed by atoms with Crippen LogP contribution in [0.5, 0.6) is 0 Å². The number of fused-ring (bicyclic) bond motifs is 1. The number of halogens is 1. The lowest BCUT2D eigenvalue weighted by atomic mass is 10.3. The Morgan fingerprint density at radius 2 is 2.10 bits per heavy atom. The molecule has 0 saturated heterocycles. The fraction of sp³-hybridized carbons (Fsp3) is 0.143. The zero-order valence-corrected chi connectivity index (χ0v) is 11.2. The van der Waals surface area contributed by atoms with E-state index in [0.717, 1.165) is 5.65 Å². The monoisotopic (exact) mass is 287 g/mol. The highest BCUT2D eigenvalue weighted by molar-refractivity contribution is 5.89. The summed E-state index contributed by atoms with van der Waals surface area (Å²) in [6.45, 7) is 1.03. The minimum atomic E-state index is -0.459. The topological polar surface area (TPSA) is 63.4 Å². The molecule has 108 valence electrons. The third-order valence-corrected chi connectivity index (χ3v) is 3.09. The van der Waals surface area contributed by atoms with E-state index in [1.807, 2.05) is 23.0 Å². The lowest BCUT2D eigenvalue weighted by Gasteiger charge is -2.09. The third kappa shape index (κ3) is 2.86. The van der Waals surface area contributed by atoms with Gasteiger partial charge in [0.15, 0.2) is 0 Å². The second kappa shape index (κ2) is 5.66. The molecule has 3 rings (SSSR count). The van der Waals surface area contributed by atoms with E-state index in [1.165, 1.54) is 12.1 Å². The summed E-state index contributed by atoms with van der Waals surface area (Å²) in [5.41, 5.74) is 1.11. The Morgan fingerprint density at radius 3 is 2.95 bits per heavy atom. The van der Waals surface area contributed by atoms with Gasteiger partial charge in [-0.25, -0.2) is 13.7 Å². The number of amides is 2. The fourth-order valence-electron chi connectivity index (χ4n) is 2.08. The van der Waals surface area contributed by atoms with Crippen molar-refractivity contribution in [3.05, 3.63) is 54.7 Å². The van der Waals surface area contributed by atoms with E-state index in [2.05, 4.69) is 15.7 Å². The lowest BCUT2D eigenvalue weighted by molar-refractivity contribution is 0.251. The van der Waals surface area contributed by atoms with Crippen LogP contribution in [0.25, 0.3) is 5.65 Å². The molecule has 0 aliphatic heterocycles. The summed E-state index contributed by atoms with van der Waals surface area (Å²) in [7, 11) is 0. The van der Waals surface area contributed by atoms with Crippen LogP contribution in [-0.4, -0.2) is 26.8 Å². The van der Waals surface area contributed by atoms with Gasteiger partial charge in [-0.2, -0.15) is 5.10 Å². The summed E-state index contributed by atoms with van der Waals surface area (Å²) >= 11 is 0. The number of anilines is 1. The minimum Gasteiger partial charge on any atom is -0.336 e. The van der Waals surface area contributed by atoms with Crippen LogP contribution in [0, 0.1) is 5.82 Å². The van der Waals surface area contributed by atoms with E-state index in [-0.39, 0.29) is 5.69 Å². The number of imidazole rings is 1. The highest BCUT2D eigenvalue weighted by Gasteiger charge is 2.06. The molecule has 0 spiro atoms. The first-order valence-corrected chi connectivity index (χ1v) is 6.52. The summed E-state index contributed by atoms with van der Waals surface area (Å²) < 4.78 is 17.1. The van der Waals surface area contributed by atoms with Gasteiger partial charge in [0.1, 0.15) is 11.5 Å².